The van der Waals surface area contributed by atoms with Crippen molar-refractivity contribution in [2.75, 3.05) is 6.61 Å². The van der Waals surface area contributed by atoms with Crippen LogP contribution in [0.3, 0.4) is 0 Å². The van der Waals surface area contributed by atoms with Crippen LogP contribution in [0.15, 0.2) is 0 Å². The predicted octanol–water partition coefficient (Wildman–Crippen LogP) is 3.42. The lowest BCUT2D eigenvalue weighted by atomic mass is 9.49. The van der Waals surface area contributed by atoms with Crippen LogP contribution in [0.5, 0.6) is 0 Å². The Bertz CT molecular complexity index is 490. The first-order chi connectivity index (χ1) is 10.7. The summed E-state index contributed by atoms with van der Waals surface area (Å²) >= 11 is 3.90. The minimum atomic E-state index is -0.350. The summed E-state index contributed by atoms with van der Waals surface area (Å²) in [5.41, 5.74) is -0.350. The highest BCUT2D eigenvalue weighted by atomic mass is 79.9. The third kappa shape index (κ3) is 3.45. The Kier molecular flexibility index (Phi) is 4.54. The van der Waals surface area contributed by atoms with Crippen molar-refractivity contribution in [2.45, 2.75) is 69.7 Å². The molecule has 0 spiro atoms. The van der Waals surface area contributed by atoms with Crippen molar-refractivity contribution in [1.29, 1.82) is 0 Å². The largest absolute Gasteiger partial charge is 0.455 e. The van der Waals surface area contributed by atoms with Gasteiger partial charge in [0, 0.05) is 10.4 Å². The predicted molar refractivity (Wildman–Crippen MR) is 92.2 cm³/mol. The van der Waals surface area contributed by atoms with E-state index in [0.717, 1.165) is 19.3 Å². The van der Waals surface area contributed by atoms with Gasteiger partial charge in [-0.3, -0.25) is 9.59 Å². The Balaban J connectivity index is 1.57. The van der Waals surface area contributed by atoms with E-state index in [9.17, 15) is 9.59 Å². The molecule has 4 fully saturated rings. The number of hydrogen-bond donors (Lipinski definition) is 1. The Morgan fingerprint density at radius 3 is 2.30 bits per heavy atom. The lowest BCUT2D eigenvalue weighted by molar-refractivity contribution is -0.171. The quantitative estimate of drug-likeness (QED) is 0.582. The highest BCUT2D eigenvalue weighted by Crippen LogP contribution is 2.64. The van der Waals surface area contributed by atoms with Crippen LogP contribution in [0.4, 0.5) is 0 Å². The SMILES string of the molecule is CC(C)[C@H](C)NC(=O)COC(=O)C12C[C@@H]3C[C@H](CC(Br)(C3)C1)C2. The van der Waals surface area contributed by atoms with E-state index >= 15 is 0 Å². The molecule has 23 heavy (non-hydrogen) atoms. The van der Waals surface area contributed by atoms with Gasteiger partial charge < -0.3 is 10.1 Å². The lowest BCUT2D eigenvalue weighted by Gasteiger charge is -2.58. The molecule has 3 atom stereocenters. The number of ether oxygens (including phenoxy) is 1. The number of carbonyl (C=O) groups excluding carboxylic acids is 2. The maximum Gasteiger partial charge on any atom is 0.312 e. The number of halogens is 1. The van der Waals surface area contributed by atoms with E-state index in [1.54, 1.807) is 0 Å². The second kappa shape index (κ2) is 6.05. The van der Waals surface area contributed by atoms with Gasteiger partial charge >= 0.3 is 5.97 Å². The first kappa shape index (κ1) is 17.2. The molecule has 4 rings (SSSR count). The highest BCUT2D eigenvalue weighted by Gasteiger charge is 2.60. The van der Waals surface area contributed by atoms with Crippen LogP contribution in [0.1, 0.15) is 59.3 Å². The zero-order valence-corrected chi connectivity index (χ0v) is 15.9. The number of nitrogens with one attached hydrogen (secondary N) is 1. The summed E-state index contributed by atoms with van der Waals surface area (Å²) in [4.78, 5) is 24.7. The van der Waals surface area contributed by atoms with Crippen molar-refractivity contribution in [3.8, 4) is 0 Å². The third-order valence-electron chi connectivity index (χ3n) is 6.15. The molecular weight excluding hydrogens is 358 g/mol. The second-order valence-electron chi connectivity index (χ2n) is 8.57. The van der Waals surface area contributed by atoms with E-state index in [1.165, 1.54) is 19.3 Å². The van der Waals surface area contributed by atoms with E-state index in [4.69, 9.17) is 4.74 Å². The number of hydrogen-bond acceptors (Lipinski definition) is 3. The summed E-state index contributed by atoms with van der Waals surface area (Å²) in [5, 5.41) is 2.89. The van der Waals surface area contributed by atoms with Crippen molar-refractivity contribution < 1.29 is 14.3 Å². The molecule has 4 aliphatic rings. The summed E-state index contributed by atoms with van der Waals surface area (Å²) in [6, 6.07) is 0.0894. The molecule has 4 saturated carbocycles. The van der Waals surface area contributed by atoms with Gasteiger partial charge in [0.05, 0.1) is 5.41 Å². The van der Waals surface area contributed by atoms with Crippen LogP contribution in [0.2, 0.25) is 0 Å². The fourth-order valence-electron chi connectivity index (χ4n) is 5.14. The molecule has 0 aliphatic heterocycles. The molecule has 5 heteroatoms. The molecule has 0 saturated heterocycles. The van der Waals surface area contributed by atoms with Crippen molar-refractivity contribution in [3.63, 3.8) is 0 Å². The van der Waals surface area contributed by atoms with E-state index in [0.29, 0.717) is 17.8 Å². The van der Waals surface area contributed by atoms with E-state index in [-0.39, 0.29) is 34.3 Å². The fraction of sp³-hybridized carbons (Fsp3) is 0.889. The Hall–Kier alpha value is -0.580. The average molecular weight is 386 g/mol. The summed E-state index contributed by atoms with van der Waals surface area (Å²) < 4.78 is 5.57. The van der Waals surface area contributed by atoms with Gasteiger partial charge in [0.2, 0.25) is 0 Å². The molecule has 4 nitrogen and oxygen atoms in total. The molecule has 0 unspecified atom stereocenters. The molecule has 0 aromatic rings. The fourth-order valence-corrected chi connectivity index (χ4v) is 6.59. The number of rotatable bonds is 5. The minimum Gasteiger partial charge on any atom is -0.455 e. The molecular formula is C18H28BrNO3. The van der Waals surface area contributed by atoms with E-state index in [2.05, 4.69) is 35.1 Å². The van der Waals surface area contributed by atoms with Gasteiger partial charge in [-0.2, -0.15) is 0 Å². The smallest absolute Gasteiger partial charge is 0.312 e. The van der Waals surface area contributed by atoms with Crippen LogP contribution in [-0.4, -0.2) is 28.8 Å². The van der Waals surface area contributed by atoms with Crippen LogP contribution in [0, 0.1) is 23.2 Å². The highest BCUT2D eigenvalue weighted by molar-refractivity contribution is 9.10. The zero-order valence-electron chi connectivity index (χ0n) is 14.4. The van der Waals surface area contributed by atoms with Crippen LogP contribution >= 0.6 is 15.9 Å². The summed E-state index contributed by atoms with van der Waals surface area (Å²) in [7, 11) is 0. The number of esters is 1. The Morgan fingerprint density at radius 2 is 1.78 bits per heavy atom. The zero-order chi connectivity index (χ0) is 16.8. The first-order valence-electron chi connectivity index (χ1n) is 8.87. The normalized spacial score (nSPS) is 39.3. The van der Waals surface area contributed by atoms with Crippen LogP contribution in [-0.2, 0) is 14.3 Å². The standard InChI is InChI=1S/C18H28BrNO3/c1-11(2)12(3)20-15(21)9-23-16(22)17-5-13-4-14(6-17)8-18(19,7-13)10-17/h11-14H,4-10H2,1-3H3,(H,20,21)/t12-,13-,14-,17?,18?/m0/s1. The summed E-state index contributed by atoms with van der Waals surface area (Å²) in [5.74, 6) is 1.29. The molecule has 0 heterocycles. The lowest BCUT2D eigenvalue weighted by Crippen LogP contribution is -2.56. The minimum absolute atomic E-state index is 0.0894. The van der Waals surface area contributed by atoms with Gasteiger partial charge in [0.1, 0.15) is 0 Å². The van der Waals surface area contributed by atoms with Gasteiger partial charge in [-0.25, -0.2) is 0 Å². The maximum absolute atomic E-state index is 12.7. The van der Waals surface area contributed by atoms with Gasteiger partial charge in [-0.1, -0.05) is 29.8 Å². The third-order valence-corrected chi connectivity index (χ3v) is 7.07. The summed E-state index contributed by atoms with van der Waals surface area (Å²) in [6.45, 7) is 5.93. The first-order valence-corrected chi connectivity index (χ1v) is 9.66. The topological polar surface area (TPSA) is 55.4 Å². The number of carbonyl (C=O) groups is 2. The van der Waals surface area contributed by atoms with Crippen molar-refractivity contribution in [1.82, 2.24) is 5.32 Å². The van der Waals surface area contributed by atoms with Crippen molar-refractivity contribution >= 4 is 27.8 Å². The molecule has 0 aromatic heterocycles. The van der Waals surface area contributed by atoms with Crippen molar-refractivity contribution in [3.05, 3.63) is 0 Å². The van der Waals surface area contributed by atoms with Crippen LogP contribution in [0.25, 0.3) is 0 Å². The monoisotopic (exact) mass is 385 g/mol. The average Bonchev–Trinajstić information content (AvgIpc) is 2.41. The molecule has 1 amide bonds. The molecule has 0 aromatic carbocycles. The van der Waals surface area contributed by atoms with Crippen LogP contribution < -0.4 is 5.32 Å². The molecule has 1 N–H and O–H groups in total. The van der Waals surface area contributed by atoms with E-state index < -0.39 is 0 Å². The Labute approximate surface area is 147 Å². The number of alkyl halides is 1. The molecule has 0 radical (unpaired) electrons. The van der Waals surface area contributed by atoms with Gasteiger partial charge in [0.15, 0.2) is 6.61 Å². The number of amides is 1. The summed E-state index contributed by atoms with van der Waals surface area (Å²) in [6.07, 6.45) is 6.39. The second-order valence-corrected chi connectivity index (χ2v) is 10.3. The van der Waals surface area contributed by atoms with Gasteiger partial charge in [-0.15, -0.1) is 0 Å². The Morgan fingerprint density at radius 1 is 1.17 bits per heavy atom. The van der Waals surface area contributed by atoms with Gasteiger partial charge in [0.25, 0.3) is 5.91 Å². The molecule has 130 valence electrons. The maximum atomic E-state index is 12.7. The molecule has 4 bridgehead atoms. The van der Waals surface area contributed by atoms with Gasteiger partial charge in [-0.05, 0) is 63.2 Å². The van der Waals surface area contributed by atoms with Crippen molar-refractivity contribution in [2.24, 2.45) is 23.2 Å². The molecule has 4 aliphatic carbocycles. The van der Waals surface area contributed by atoms with E-state index in [1.807, 2.05) is 6.92 Å².